The summed E-state index contributed by atoms with van der Waals surface area (Å²) in [4.78, 5) is 12.0. The molecule has 98 valence electrons. The first kappa shape index (κ1) is 13.5. The van der Waals surface area contributed by atoms with Crippen molar-refractivity contribution in [2.75, 3.05) is 5.75 Å². The van der Waals surface area contributed by atoms with E-state index in [-0.39, 0.29) is 16.8 Å². The van der Waals surface area contributed by atoms with Crippen LogP contribution in [0.25, 0.3) is 0 Å². The van der Waals surface area contributed by atoms with Gasteiger partial charge in [0.15, 0.2) is 5.78 Å². The van der Waals surface area contributed by atoms with Crippen molar-refractivity contribution < 1.29 is 9.00 Å². The van der Waals surface area contributed by atoms with Gasteiger partial charge in [-0.3, -0.25) is 9.00 Å². The van der Waals surface area contributed by atoms with E-state index in [4.69, 9.17) is 0 Å². The Morgan fingerprint density at radius 1 is 1.17 bits per heavy atom. The zero-order chi connectivity index (χ0) is 13.0. The minimum absolute atomic E-state index is 0.0129. The number of carbonyl (C=O) groups is 1. The number of ketones is 1. The summed E-state index contributed by atoms with van der Waals surface area (Å²) < 4.78 is 12.1. The van der Waals surface area contributed by atoms with Crippen LogP contribution in [0.4, 0.5) is 0 Å². The molecule has 1 unspecified atom stereocenters. The van der Waals surface area contributed by atoms with Gasteiger partial charge < -0.3 is 0 Å². The summed E-state index contributed by atoms with van der Waals surface area (Å²) in [6.45, 7) is 1.99. The third kappa shape index (κ3) is 3.52. The van der Waals surface area contributed by atoms with E-state index >= 15 is 0 Å². The van der Waals surface area contributed by atoms with Crippen LogP contribution in [0.15, 0.2) is 24.3 Å². The molecule has 0 spiro atoms. The number of hydrogen-bond donors (Lipinski definition) is 0. The molecule has 1 aromatic rings. The average molecular weight is 264 g/mol. The molecule has 1 atom stereocenters. The van der Waals surface area contributed by atoms with Gasteiger partial charge in [0.2, 0.25) is 0 Å². The molecule has 0 heterocycles. The highest BCUT2D eigenvalue weighted by molar-refractivity contribution is 7.86. The maximum absolute atomic E-state index is 12.1. The zero-order valence-corrected chi connectivity index (χ0v) is 11.7. The van der Waals surface area contributed by atoms with Crippen LogP contribution >= 0.6 is 0 Å². The lowest BCUT2D eigenvalue weighted by molar-refractivity contribution is 0.102. The van der Waals surface area contributed by atoms with Gasteiger partial charge in [0.05, 0.1) is 5.75 Å². The van der Waals surface area contributed by atoms with E-state index in [1.807, 2.05) is 31.2 Å². The number of Topliss-reactive ketones (excluding diaryl/α,β-unsaturated/α-hetero) is 1. The molecule has 0 saturated heterocycles. The van der Waals surface area contributed by atoms with Crippen LogP contribution in [0.1, 0.15) is 48.0 Å². The normalized spacial score (nSPS) is 18.5. The summed E-state index contributed by atoms with van der Waals surface area (Å²) in [5, 5.41) is 0.244. The van der Waals surface area contributed by atoms with Crippen LogP contribution in [0.3, 0.4) is 0 Å². The Bertz CT molecular complexity index is 430. The number of aryl methyl sites for hydroxylation is 1. The first-order chi connectivity index (χ1) is 8.66. The van der Waals surface area contributed by atoms with Gasteiger partial charge in [-0.25, -0.2) is 0 Å². The fraction of sp³-hybridized carbons (Fsp3) is 0.533. The topological polar surface area (TPSA) is 34.1 Å². The van der Waals surface area contributed by atoms with Gasteiger partial charge >= 0.3 is 0 Å². The average Bonchev–Trinajstić information content (AvgIpc) is 2.40. The first-order valence-corrected chi connectivity index (χ1v) is 8.02. The Labute approximate surface area is 111 Å². The first-order valence-electron chi connectivity index (χ1n) is 6.64. The molecule has 1 aromatic carbocycles. The monoisotopic (exact) mass is 264 g/mol. The molecule has 2 nitrogen and oxygen atoms in total. The molecule has 1 aliphatic rings. The number of rotatable bonds is 4. The van der Waals surface area contributed by atoms with Crippen molar-refractivity contribution >= 4 is 16.6 Å². The van der Waals surface area contributed by atoms with Crippen molar-refractivity contribution in [3.8, 4) is 0 Å². The van der Waals surface area contributed by atoms with E-state index in [9.17, 15) is 9.00 Å². The summed E-state index contributed by atoms with van der Waals surface area (Å²) >= 11 is 0. The fourth-order valence-corrected chi connectivity index (χ4v) is 3.92. The number of benzene rings is 1. The predicted octanol–water partition coefficient (Wildman–Crippen LogP) is 3.26. The second kappa shape index (κ2) is 6.28. The van der Waals surface area contributed by atoms with E-state index in [1.54, 1.807) is 0 Å². The summed E-state index contributed by atoms with van der Waals surface area (Å²) in [5.41, 5.74) is 1.82. The van der Waals surface area contributed by atoms with Crippen molar-refractivity contribution in [3.05, 3.63) is 35.4 Å². The smallest absolute Gasteiger partial charge is 0.175 e. The van der Waals surface area contributed by atoms with E-state index < -0.39 is 10.8 Å². The van der Waals surface area contributed by atoms with Crippen LogP contribution < -0.4 is 0 Å². The van der Waals surface area contributed by atoms with Crippen LogP contribution in [-0.4, -0.2) is 21.0 Å². The molecule has 3 heteroatoms. The SMILES string of the molecule is Cc1ccc(C(=O)CS(=O)C2CCCCC2)cc1. The zero-order valence-electron chi connectivity index (χ0n) is 10.9. The highest BCUT2D eigenvalue weighted by atomic mass is 32.2. The molecule has 0 aromatic heterocycles. The van der Waals surface area contributed by atoms with Crippen LogP contribution in [0, 0.1) is 6.92 Å². The maximum Gasteiger partial charge on any atom is 0.175 e. The van der Waals surface area contributed by atoms with Gasteiger partial charge in [-0.2, -0.15) is 0 Å². The summed E-state index contributed by atoms with van der Waals surface area (Å²) in [6, 6.07) is 7.51. The van der Waals surface area contributed by atoms with E-state index in [0.717, 1.165) is 31.2 Å². The molecular formula is C15H20O2S. The van der Waals surface area contributed by atoms with Gasteiger partial charge in [-0.05, 0) is 19.8 Å². The van der Waals surface area contributed by atoms with Gasteiger partial charge in [-0.1, -0.05) is 49.1 Å². The van der Waals surface area contributed by atoms with E-state index in [0.29, 0.717) is 5.56 Å². The van der Waals surface area contributed by atoms with Gasteiger partial charge in [-0.15, -0.1) is 0 Å². The Balaban J connectivity index is 1.94. The van der Waals surface area contributed by atoms with Gasteiger partial charge in [0.1, 0.15) is 0 Å². The molecule has 2 rings (SSSR count). The lowest BCUT2D eigenvalue weighted by Gasteiger charge is -2.20. The molecule has 0 amide bonds. The van der Waals surface area contributed by atoms with Crippen LogP contribution in [-0.2, 0) is 10.8 Å². The number of carbonyl (C=O) groups excluding carboxylic acids is 1. The minimum Gasteiger partial charge on any atom is -0.293 e. The van der Waals surface area contributed by atoms with Crippen molar-refractivity contribution in [3.63, 3.8) is 0 Å². The highest BCUT2D eigenvalue weighted by Crippen LogP contribution is 2.22. The summed E-state index contributed by atoms with van der Waals surface area (Å²) in [7, 11) is -0.992. The van der Waals surface area contributed by atoms with Crippen molar-refractivity contribution in [2.24, 2.45) is 0 Å². The third-order valence-electron chi connectivity index (χ3n) is 3.57. The Hall–Kier alpha value is -0.960. The van der Waals surface area contributed by atoms with E-state index in [1.165, 1.54) is 6.42 Å². The van der Waals surface area contributed by atoms with Crippen LogP contribution in [0.2, 0.25) is 0 Å². The molecule has 0 bridgehead atoms. The summed E-state index contributed by atoms with van der Waals surface area (Å²) in [6.07, 6.45) is 5.62. The van der Waals surface area contributed by atoms with Crippen molar-refractivity contribution in [1.82, 2.24) is 0 Å². The van der Waals surface area contributed by atoms with Gasteiger partial charge in [0.25, 0.3) is 0 Å². The Kier molecular flexibility index (Phi) is 4.70. The molecule has 0 radical (unpaired) electrons. The quantitative estimate of drug-likeness (QED) is 0.782. The number of hydrogen-bond acceptors (Lipinski definition) is 2. The summed E-state index contributed by atoms with van der Waals surface area (Å²) in [5.74, 6) is 0.201. The van der Waals surface area contributed by atoms with Crippen molar-refractivity contribution in [2.45, 2.75) is 44.3 Å². The largest absolute Gasteiger partial charge is 0.293 e. The maximum atomic E-state index is 12.1. The fourth-order valence-electron chi connectivity index (χ4n) is 2.40. The molecule has 0 N–H and O–H groups in total. The van der Waals surface area contributed by atoms with Crippen LogP contribution in [0.5, 0.6) is 0 Å². The second-order valence-corrected chi connectivity index (χ2v) is 6.79. The molecule has 1 aliphatic carbocycles. The van der Waals surface area contributed by atoms with E-state index in [2.05, 4.69) is 0 Å². The van der Waals surface area contributed by atoms with Crippen molar-refractivity contribution in [1.29, 1.82) is 0 Å². The second-order valence-electron chi connectivity index (χ2n) is 5.07. The standard InChI is InChI=1S/C15H20O2S/c1-12-7-9-13(10-8-12)15(16)11-18(17)14-5-3-2-4-6-14/h7-10,14H,2-6,11H2,1H3. The van der Waals surface area contributed by atoms with Gasteiger partial charge in [0, 0.05) is 21.6 Å². The predicted molar refractivity (Wildman–Crippen MR) is 75.4 cm³/mol. The lowest BCUT2D eigenvalue weighted by Crippen LogP contribution is -2.24. The third-order valence-corrected chi connectivity index (χ3v) is 5.33. The minimum atomic E-state index is -0.992. The Morgan fingerprint density at radius 3 is 2.39 bits per heavy atom. The molecule has 1 fully saturated rings. The molecule has 0 aliphatic heterocycles. The lowest BCUT2D eigenvalue weighted by atomic mass is 10.0. The Morgan fingerprint density at radius 2 is 1.78 bits per heavy atom. The molecule has 18 heavy (non-hydrogen) atoms. The molecule has 1 saturated carbocycles. The highest BCUT2D eigenvalue weighted by Gasteiger charge is 2.22. The molecular weight excluding hydrogens is 244 g/mol.